The van der Waals surface area contributed by atoms with Crippen molar-refractivity contribution in [3.63, 3.8) is 0 Å². The molecule has 5 rings (SSSR count). The summed E-state index contributed by atoms with van der Waals surface area (Å²) in [5.41, 5.74) is 4.79. The molecule has 0 radical (unpaired) electrons. The monoisotopic (exact) mass is 638 g/mol. The van der Waals surface area contributed by atoms with Crippen LogP contribution in [0.15, 0.2) is 67.0 Å². The van der Waals surface area contributed by atoms with E-state index in [1.54, 1.807) is 31.4 Å². The molecular formula is C38H46N4O5. The number of nitrogens with zero attached hydrogens (tertiary/aromatic N) is 3. The van der Waals surface area contributed by atoms with Gasteiger partial charge in [0.25, 0.3) is 0 Å². The Balaban J connectivity index is 1.13. The first-order valence-electron chi connectivity index (χ1n) is 16.8. The van der Waals surface area contributed by atoms with Gasteiger partial charge in [-0.05, 0) is 78.7 Å². The zero-order valence-electron chi connectivity index (χ0n) is 27.5. The number of allylic oxidation sites excluding steroid dienone is 2. The molecule has 248 valence electrons. The highest BCUT2D eigenvalue weighted by Crippen LogP contribution is 2.41. The van der Waals surface area contributed by atoms with Crippen LogP contribution in [-0.4, -0.2) is 58.0 Å². The lowest BCUT2D eigenvalue weighted by molar-refractivity contribution is -0.144. The molecule has 3 aromatic rings. The molecule has 2 aliphatic rings. The summed E-state index contributed by atoms with van der Waals surface area (Å²) in [4.78, 5) is 47.3. The molecule has 2 aromatic carbocycles. The first-order chi connectivity index (χ1) is 22.8. The molecule has 1 saturated carbocycles. The van der Waals surface area contributed by atoms with Gasteiger partial charge >= 0.3 is 5.97 Å². The van der Waals surface area contributed by atoms with E-state index in [9.17, 15) is 19.5 Å². The summed E-state index contributed by atoms with van der Waals surface area (Å²) in [6.07, 6.45) is 16.7. The van der Waals surface area contributed by atoms with Gasteiger partial charge < -0.3 is 20.1 Å². The fourth-order valence-electron chi connectivity index (χ4n) is 6.91. The molecule has 0 saturated heterocycles. The Morgan fingerprint density at radius 3 is 2.17 bits per heavy atom. The Bertz CT molecular complexity index is 1530. The lowest BCUT2D eigenvalue weighted by Gasteiger charge is -2.35. The van der Waals surface area contributed by atoms with Crippen LogP contribution in [0.25, 0.3) is 17.0 Å². The lowest BCUT2D eigenvalue weighted by Crippen LogP contribution is -2.42. The van der Waals surface area contributed by atoms with Crippen LogP contribution in [0, 0.1) is 17.8 Å². The summed E-state index contributed by atoms with van der Waals surface area (Å²) in [5.74, 6) is 1.98. The maximum atomic E-state index is 12.9. The van der Waals surface area contributed by atoms with E-state index in [2.05, 4.69) is 28.3 Å². The van der Waals surface area contributed by atoms with Gasteiger partial charge in [0.1, 0.15) is 12.3 Å². The van der Waals surface area contributed by atoms with Crippen molar-refractivity contribution in [3.8, 4) is 17.1 Å². The summed E-state index contributed by atoms with van der Waals surface area (Å²) in [6, 6.07) is 14.5. The zero-order valence-corrected chi connectivity index (χ0v) is 27.5. The molecule has 47 heavy (non-hydrogen) atoms. The summed E-state index contributed by atoms with van der Waals surface area (Å²) in [7, 11) is 1.57. The summed E-state index contributed by atoms with van der Waals surface area (Å²) >= 11 is 0. The Hall–Kier alpha value is -4.53. The highest BCUT2D eigenvalue weighted by atomic mass is 16.5. The maximum absolute atomic E-state index is 12.9. The van der Waals surface area contributed by atoms with Crippen molar-refractivity contribution < 1.29 is 24.2 Å². The van der Waals surface area contributed by atoms with Crippen LogP contribution < -0.4 is 10.1 Å². The summed E-state index contributed by atoms with van der Waals surface area (Å²) in [6.45, 7) is 1.65. The van der Waals surface area contributed by atoms with Crippen LogP contribution in [0.2, 0.25) is 0 Å². The molecule has 1 heterocycles. The smallest absolute Gasteiger partial charge is 0.323 e. The lowest BCUT2D eigenvalue weighted by atomic mass is 9.71. The highest BCUT2D eigenvalue weighted by Gasteiger charge is 2.28. The number of methoxy groups -OCH3 is 1. The third kappa shape index (κ3) is 9.50. The van der Waals surface area contributed by atoms with Gasteiger partial charge in [0.05, 0.1) is 20.1 Å². The molecule has 0 aliphatic heterocycles. The second kappa shape index (κ2) is 16.3. The predicted octanol–water partition coefficient (Wildman–Crippen LogP) is 6.32. The average molecular weight is 639 g/mol. The van der Waals surface area contributed by atoms with Gasteiger partial charge in [-0.1, -0.05) is 68.7 Å². The van der Waals surface area contributed by atoms with Gasteiger partial charge in [-0.3, -0.25) is 14.4 Å². The number of amides is 2. The molecule has 2 aliphatic carbocycles. The maximum Gasteiger partial charge on any atom is 0.323 e. The third-order valence-electron chi connectivity index (χ3n) is 9.83. The minimum absolute atomic E-state index is 0.0920. The highest BCUT2D eigenvalue weighted by molar-refractivity contribution is 5.87. The van der Waals surface area contributed by atoms with Crippen LogP contribution in [0.4, 0.5) is 0 Å². The minimum Gasteiger partial charge on any atom is -0.497 e. The van der Waals surface area contributed by atoms with Crippen LogP contribution in [0.3, 0.4) is 0 Å². The molecule has 1 fully saturated rings. The van der Waals surface area contributed by atoms with Crippen LogP contribution in [0.1, 0.15) is 75.0 Å². The molecule has 1 aromatic heterocycles. The second-order valence-corrected chi connectivity index (χ2v) is 12.9. The molecule has 9 nitrogen and oxygen atoms in total. The number of hydrogen-bond donors (Lipinski definition) is 2. The fourth-order valence-corrected chi connectivity index (χ4v) is 6.91. The number of aromatic nitrogens is 2. The van der Waals surface area contributed by atoms with Crippen molar-refractivity contribution in [2.75, 3.05) is 20.2 Å². The Labute approximate surface area is 277 Å². The van der Waals surface area contributed by atoms with E-state index in [0.717, 1.165) is 52.8 Å². The number of ether oxygens (including phenoxy) is 1. The first-order valence-corrected chi connectivity index (χ1v) is 16.8. The summed E-state index contributed by atoms with van der Waals surface area (Å²) in [5, 5.41) is 12.0. The SMILES string of the molecule is CCC1CCC(C2CC=C(c3cnc(-c4ccc(CN(CC(=O)O)C(=O)CNC(=O)Cc5ccc(OC)cc5)cc4)nc3)CC2)CC1. The van der Waals surface area contributed by atoms with E-state index in [1.165, 1.54) is 49.0 Å². The standard InChI is InChI=1S/C38H46N4O5/c1-3-26-4-10-29(11-5-26)30-14-16-31(17-15-30)33-21-40-38(41-22-33)32-12-6-28(7-13-32)24-42(25-37(45)46)36(44)23-39-35(43)20-27-8-18-34(47-2)19-9-27/h6-9,12-13,16,18-19,21-22,26,29-30H,3-5,10-11,14-15,17,20,23-25H2,1-2H3,(H,39,43)(H,45,46). The third-order valence-corrected chi connectivity index (χ3v) is 9.83. The molecule has 1 atom stereocenters. The van der Waals surface area contributed by atoms with Gasteiger partial charge in [0.15, 0.2) is 5.82 Å². The predicted molar refractivity (Wildman–Crippen MR) is 181 cm³/mol. The van der Waals surface area contributed by atoms with Gasteiger partial charge in [0.2, 0.25) is 11.8 Å². The van der Waals surface area contributed by atoms with Gasteiger partial charge in [-0.15, -0.1) is 0 Å². The number of carbonyl (C=O) groups excluding carboxylic acids is 2. The molecule has 0 bridgehead atoms. The van der Waals surface area contributed by atoms with E-state index in [1.807, 2.05) is 36.7 Å². The van der Waals surface area contributed by atoms with Crippen molar-refractivity contribution in [3.05, 3.63) is 83.7 Å². The molecule has 2 amide bonds. The topological polar surface area (TPSA) is 122 Å². The van der Waals surface area contributed by atoms with Crippen molar-refractivity contribution in [2.45, 2.75) is 71.3 Å². The molecular weight excluding hydrogens is 592 g/mol. The largest absolute Gasteiger partial charge is 0.497 e. The number of rotatable bonds is 13. The van der Waals surface area contributed by atoms with Gasteiger partial charge in [0, 0.05) is 30.1 Å². The number of benzene rings is 2. The number of carboxylic acids is 1. The van der Waals surface area contributed by atoms with Crippen molar-refractivity contribution in [1.29, 1.82) is 0 Å². The van der Waals surface area contributed by atoms with E-state index >= 15 is 0 Å². The van der Waals surface area contributed by atoms with Crippen LogP contribution in [-0.2, 0) is 27.3 Å². The Kier molecular flexibility index (Phi) is 11.8. The van der Waals surface area contributed by atoms with Crippen LogP contribution in [0.5, 0.6) is 5.75 Å². The van der Waals surface area contributed by atoms with Gasteiger partial charge in [-0.25, -0.2) is 9.97 Å². The van der Waals surface area contributed by atoms with E-state index < -0.39 is 18.4 Å². The molecule has 2 N–H and O–H groups in total. The van der Waals surface area contributed by atoms with E-state index in [-0.39, 0.29) is 25.4 Å². The fraction of sp³-hybridized carbons (Fsp3) is 0.447. The number of aliphatic carboxylic acids is 1. The Morgan fingerprint density at radius 2 is 1.57 bits per heavy atom. The van der Waals surface area contributed by atoms with Crippen LogP contribution >= 0.6 is 0 Å². The average Bonchev–Trinajstić information content (AvgIpc) is 3.11. The number of hydrogen-bond acceptors (Lipinski definition) is 6. The zero-order chi connectivity index (χ0) is 33.2. The summed E-state index contributed by atoms with van der Waals surface area (Å²) < 4.78 is 5.13. The first kappa shape index (κ1) is 33.8. The van der Waals surface area contributed by atoms with Crippen molar-refractivity contribution >= 4 is 23.4 Å². The number of nitrogens with one attached hydrogen (secondary N) is 1. The number of carbonyl (C=O) groups is 3. The molecule has 1 unspecified atom stereocenters. The quantitative estimate of drug-likeness (QED) is 0.225. The van der Waals surface area contributed by atoms with Gasteiger partial charge in [-0.2, -0.15) is 0 Å². The minimum atomic E-state index is -1.13. The van der Waals surface area contributed by atoms with Crippen molar-refractivity contribution in [2.24, 2.45) is 17.8 Å². The number of carboxylic acid groups (broad SMARTS) is 1. The molecule has 0 spiro atoms. The second-order valence-electron chi connectivity index (χ2n) is 12.9. The molecule has 9 heteroatoms. The van der Waals surface area contributed by atoms with E-state index in [0.29, 0.717) is 11.6 Å². The Morgan fingerprint density at radius 1 is 0.894 bits per heavy atom. The normalized spacial score (nSPS) is 19.4. The van der Waals surface area contributed by atoms with Crippen molar-refractivity contribution in [1.82, 2.24) is 20.2 Å². The van der Waals surface area contributed by atoms with E-state index in [4.69, 9.17) is 4.74 Å².